The van der Waals surface area contributed by atoms with Crippen LogP contribution in [0.15, 0.2) is 42.5 Å². The molecule has 0 radical (unpaired) electrons. The lowest BCUT2D eigenvalue weighted by atomic mass is 9.71. The first-order chi connectivity index (χ1) is 14.9. The van der Waals surface area contributed by atoms with Gasteiger partial charge < -0.3 is 10.4 Å². The van der Waals surface area contributed by atoms with Crippen LogP contribution in [0.25, 0.3) is 11.1 Å². The highest BCUT2D eigenvalue weighted by molar-refractivity contribution is 5.73. The second-order valence-electron chi connectivity index (χ2n) is 9.93. The molecule has 0 atom stereocenters. The first kappa shape index (κ1) is 24.3. The van der Waals surface area contributed by atoms with Gasteiger partial charge in [0.1, 0.15) is 0 Å². The van der Waals surface area contributed by atoms with E-state index in [1.165, 1.54) is 25.0 Å². The SMILES string of the molecule is CC(C)(C)C1CCC(NCc2ccc(CC(=O)O)cc2-c2ccc(C(F)(F)F)cc2)CC1. The van der Waals surface area contributed by atoms with Crippen molar-refractivity contribution < 1.29 is 23.1 Å². The fraction of sp³-hybridized carbons (Fsp3) is 0.500. The van der Waals surface area contributed by atoms with Crippen LogP contribution in [0.5, 0.6) is 0 Å². The van der Waals surface area contributed by atoms with Crippen LogP contribution in [-0.4, -0.2) is 17.1 Å². The van der Waals surface area contributed by atoms with Gasteiger partial charge in [0, 0.05) is 12.6 Å². The second-order valence-corrected chi connectivity index (χ2v) is 9.93. The van der Waals surface area contributed by atoms with Gasteiger partial charge in [-0.25, -0.2) is 0 Å². The Labute approximate surface area is 188 Å². The maximum absolute atomic E-state index is 13.0. The van der Waals surface area contributed by atoms with Gasteiger partial charge in [0.15, 0.2) is 0 Å². The molecule has 2 aromatic rings. The number of carboxylic acids is 1. The Morgan fingerprint density at radius 1 is 1.00 bits per heavy atom. The van der Waals surface area contributed by atoms with Gasteiger partial charge in [0.05, 0.1) is 12.0 Å². The van der Waals surface area contributed by atoms with Crippen LogP contribution >= 0.6 is 0 Å². The number of nitrogens with one attached hydrogen (secondary N) is 1. The minimum absolute atomic E-state index is 0.127. The Hall–Kier alpha value is -2.34. The third-order valence-electron chi connectivity index (χ3n) is 6.59. The predicted octanol–water partition coefficient (Wildman–Crippen LogP) is 6.69. The highest BCUT2D eigenvalue weighted by Crippen LogP contribution is 2.38. The molecule has 0 unspecified atom stereocenters. The molecule has 174 valence electrons. The normalized spacial score (nSPS) is 19.7. The van der Waals surface area contributed by atoms with Gasteiger partial charge in [0.2, 0.25) is 0 Å². The number of carbonyl (C=O) groups is 1. The van der Waals surface area contributed by atoms with E-state index < -0.39 is 17.7 Å². The Morgan fingerprint density at radius 2 is 1.62 bits per heavy atom. The number of hydrogen-bond donors (Lipinski definition) is 2. The molecule has 0 amide bonds. The van der Waals surface area contributed by atoms with E-state index in [0.717, 1.165) is 42.0 Å². The van der Waals surface area contributed by atoms with Crippen molar-refractivity contribution in [1.29, 1.82) is 0 Å². The van der Waals surface area contributed by atoms with Crippen LogP contribution in [0.4, 0.5) is 13.2 Å². The third kappa shape index (κ3) is 6.35. The summed E-state index contributed by atoms with van der Waals surface area (Å²) >= 11 is 0. The van der Waals surface area contributed by atoms with Crippen LogP contribution in [0.3, 0.4) is 0 Å². The number of rotatable bonds is 6. The van der Waals surface area contributed by atoms with Gasteiger partial charge in [-0.1, -0.05) is 51.1 Å². The number of halogens is 3. The molecule has 2 aromatic carbocycles. The Kier molecular flexibility index (Phi) is 7.33. The standard InChI is InChI=1S/C26H32F3NO2/c1-25(2,3)20-10-12-22(13-11-20)30-16-19-5-4-17(15-24(31)32)14-23(19)18-6-8-21(9-7-18)26(27,28)29/h4-9,14,20,22,30H,10-13,15-16H2,1-3H3,(H,31,32). The summed E-state index contributed by atoms with van der Waals surface area (Å²) in [6.45, 7) is 7.47. The third-order valence-corrected chi connectivity index (χ3v) is 6.59. The van der Waals surface area contributed by atoms with E-state index in [9.17, 15) is 18.0 Å². The molecule has 1 saturated carbocycles. The maximum atomic E-state index is 13.0. The summed E-state index contributed by atoms with van der Waals surface area (Å²) in [5.41, 5.74) is 2.63. The fourth-order valence-corrected chi connectivity index (χ4v) is 4.59. The zero-order valence-electron chi connectivity index (χ0n) is 18.9. The van der Waals surface area contributed by atoms with Crippen molar-refractivity contribution in [2.45, 2.75) is 71.6 Å². The molecule has 0 saturated heterocycles. The van der Waals surface area contributed by atoms with Gasteiger partial charge in [-0.05, 0) is 71.4 Å². The Balaban J connectivity index is 1.77. The van der Waals surface area contributed by atoms with Crippen molar-refractivity contribution in [2.24, 2.45) is 11.3 Å². The van der Waals surface area contributed by atoms with Crippen LogP contribution in [0, 0.1) is 11.3 Å². The molecule has 6 heteroatoms. The van der Waals surface area contributed by atoms with E-state index in [0.29, 0.717) is 29.1 Å². The van der Waals surface area contributed by atoms with E-state index in [-0.39, 0.29) is 6.42 Å². The minimum Gasteiger partial charge on any atom is -0.481 e. The van der Waals surface area contributed by atoms with Crippen LogP contribution in [0.1, 0.15) is 63.1 Å². The monoisotopic (exact) mass is 447 g/mol. The van der Waals surface area contributed by atoms with Crippen molar-refractivity contribution >= 4 is 5.97 Å². The predicted molar refractivity (Wildman–Crippen MR) is 120 cm³/mol. The maximum Gasteiger partial charge on any atom is 0.416 e. The smallest absolute Gasteiger partial charge is 0.416 e. The molecule has 1 aliphatic carbocycles. The number of benzene rings is 2. The summed E-state index contributed by atoms with van der Waals surface area (Å²) in [4.78, 5) is 11.1. The lowest BCUT2D eigenvalue weighted by molar-refractivity contribution is -0.138. The van der Waals surface area contributed by atoms with E-state index in [1.54, 1.807) is 12.1 Å². The van der Waals surface area contributed by atoms with E-state index >= 15 is 0 Å². The fourth-order valence-electron chi connectivity index (χ4n) is 4.59. The molecule has 3 rings (SSSR count). The molecule has 0 spiro atoms. The lowest BCUT2D eigenvalue weighted by Crippen LogP contribution is -2.35. The second kappa shape index (κ2) is 9.65. The van der Waals surface area contributed by atoms with E-state index in [4.69, 9.17) is 5.11 Å². The summed E-state index contributed by atoms with van der Waals surface area (Å²) in [5.74, 6) is -0.219. The summed E-state index contributed by atoms with van der Waals surface area (Å²) in [5, 5.41) is 12.8. The van der Waals surface area contributed by atoms with Gasteiger partial charge in [-0.2, -0.15) is 13.2 Å². The molecule has 0 bridgehead atoms. The van der Waals surface area contributed by atoms with Crippen molar-refractivity contribution in [3.8, 4) is 11.1 Å². The van der Waals surface area contributed by atoms with Crippen molar-refractivity contribution in [1.82, 2.24) is 5.32 Å². The molecule has 0 aromatic heterocycles. The summed E-state index contributed by atoms with van der Waals surface area (Å²) < 4.78 is 38.9. The highest BCUT2D eigenvalue weighted by atomic mass is 19.4. The number of carboxylic acid groups (broad SMARTS) is 1. The van der Waals surface area contributed by atoms with E-state index in [1.807, 2.05) is 6.07 Å². The van der Waals surface area contributed by atoms with Crippen LogP contribution in [-0.2, 0) is 23.9 Å². The van der Waals surface area contributed by atoms with Crippen molar-refractivity contribution in [2.75, 3.05) is 0 Å². The molecular weight excluding hydrogens is 415 g/mol. The first-order valence-electron chi connectivity index (χ1n) is 11.2. The quantitative estimate of drug-likeness (QED) is 0.518. The molecule has 1 fully saturated rings. The molecular formula is C26H32F3NO2. The van der Waals surface area contributed by atoms with Gasteiger partial charge in [0.25, 0.3) is 0 Å². The number of hydrogen-bond acceptors (Lipinski definition) is 2. The molecule has 0 heterocycles. The first-order valence-corrected chi connectivity index (χ1v) is 11.2. The van der Waals surface area contributed by atoms with Crippen molar-refractivity contribution in [3.05, 3.63) is 59.2 Å². The van der Waals surface area contributed by atoms with E-state index in [2.05, 4.69) is 26.1 Å². The average Bonchev–Trinajstić information content (AvgIpc) is 2.71. The zero-order valence-corrected chi connectivity index (χ0v) is 18.9. The summed E-state index contributed by atoms with van der Waals surface area (Å²) in [7, 11) is 0. The Bertz CT molecular complexity index is 922. The van der Waals surface area contributed by atoms with Crippen LogP contribution < -0.4 is 5.32 Å². The average molecular weight is 448 g/mol. The van der Waals surface area contributed by atoms with Gasteiger partial charge in [-0.3, -0.25) is 4.79 Å². The topological polar surface area (TPSA) is 49.3 Å². The molecule has 0 aliphatic heterocycles. The highest BCUT2D eigenvalue weighted by Gasteiger charge is 2.31. The molecule has 2 N–H and O–H groups in total. The minimum atomic E-state index is -4.39. The summed E-state index contributed by atoms with van der Waals surface area (Å²) in [6, 6.07) is 10.9. The molecule has 1 aliphatic rings. The van der Waals surface area contributed by atoms with Gasteiger partial charge >= 0.3 is 12.1 Å². The number of aliphatic carboxylic acids is 1. The van der Waals surface area contributed by atoms with Crippen LogP contribution in [0.2, 0.25) is 0 Å². The largest absolute Gasteiger partial charge is 0.481 e. The Morgan fingerprint density at radius 3 is 2.16 bits per heavy atom. The van der Waals surface area contributed by atoms with Crippen molar-refractivity contribution in [3.63, 3.8) is 0 Å². The number of alkyl halides is 3. The molecule has 3 nitrogen and oxygen atoms in total. The molecule has 32 heavy (non-hydrogen) atoms. The lowest BCUT2D eigenvalue weighted by Gasteiger charge is -2.37. The zero-order chi connectivity index (χ0) is 23.5. The van der Waals surface area contributed by atoms with Gasteiger partial charge in [-0.15, -0.1) is 0 Å². The summed E-state index contributed by atoms with van der Waals surface area (Å²) in [6.07, 6.45) is 0.0659.